The van der Waals surface area contributed by atoms with Gasteiger partial charge in [-0.05, 0) is 24.6 Å². The van der Waals surface area contributed by atoms with Gasteiger partial charge in [0.05, 0.1) is 12.0 Å². The van der Waals surface area contributed by atoms with Gasteiger partial charge in [0, 0.05) is 6.20 Å². The van der Waals surface area contributed by atoms with Gasteiger partial charge >= 0.3 is 6.08 Å². The predicted octanol–water partition coefficient (Wildman–Crippen LogP) is 2.81. The highest BCUT2D eigenvalue weighted by Gasteiger charge is 2.04. The van der Waals surface area contributed by atoms with E-state index in [0.717, 1.165) is 11.3 Å². The maximum atomic E-state index is 12.7. The van der Waals surface area contributed by atoms with Crippen molar-refractivity contribution in [3.05, 3.63) is 42.0 Å². The molecule has 0 saturated carbocycles. The third-order valence-electron chi connectivity index (χ3n) is 1.92. The van der Waals surface area contributed by atoms with Gasteiger partial charge in [-0.15, -0.1) is 0 Å². The van der Waals surface area contributed by atoms with Crippen LogP contribution in [0.1, 0.15) is 11.3 Å². The van der Waals surface area contributed by atoms with Crippen molar-refractivity contribution in [2.24, 2.45) is 0 Å². The standard InChI is InChI=1S/C10H9FN2OS/c1-7-3-5-14-8(7)6-15-9-2-4-12-10(11)13-9/h2-5H,6H2,1H3. The average Bonchev–Trinajstić information content (AvgIpc) is 2.61. The van der Waals surface area contributed by atoms with Crippen LogP contribution in [0.25, 0.3) is 0 Å². The van der Waals surface area contributed by atoms with E-state index in [-0.39, 0.29) is 0 Å². The van der Waals surface area contributed by atoms with Crippen LogP contribution in [0.15, 0.2) is 34.0 Å². The first-order valence-corrected chi connectivity index (χ1v) is 5.38. The highest BCUT2D eigenvalue weighted by atomic mass is 32.2. The molecule has 0 aliphatic heterocycles. The first-order valence-electron chi connectivity index (χ1n) is 4.40. The monoisotopic (exact) mass is 224 g/mol. The zero-order valence-corrected chi connectivity index (χ0v) is 8.92. The van der Waals surface area contributed by atoms with Crippen molar-refractivity contribution in [3.8, 4) is 0 Å². The molecule has 0 saturated heterocycles. The lowest BCUT2D eigenvalue weighted by molar-refractivity contribution is 0.523. The van der Waals surface area contributed by atoms with Crippen LogP contribution in [0.5, 0.6) is 0 Å². The summed E-state index contributed by atoms with van der Waals surface area (Å²) >= 11 is 1.42. The summed E-state index contributed by atoms with van der Waals surface area (Å²) in [4.78, 5) is 7.03. The van der Waals surface area contributed by atoms with Gasteiger partial charge in [0.2, 0.25) is 0 Å². The van der Waals surface area contributed by atoms with Gasteiger partial charge < -0.3 is 4.42 Å². The van der Waals surface area contributed by atoms with Crippen molar-refractivity contribution >= 4 is 11.8 Å². The van der Waals surface area contributed by atoms with Gasteiger partial charge in [0.25, 0.3) is 0 Å². The molecule has 0 aromatic carbocycles. The smallest absolute Gasteiger partial charge is 0.309 e. The molecule has 0 bridgehead atoms. The Hall–Kier alpha value is -1.36. The van der Waals surface area contributed by atoms with Crippen LogP contribution in [-0.4, -0.2) is 9.97 Å². The predicted molar refractivity (Wildman–Crippen MR) is 55.0 cm³/mol. The normalized spacial score (nSPS) is 10.5. The molecule has 0 N–H and O–H groups in total. The summed E-state index contributed by atoms with van der Waals surface area (Å²) in [7, 11) is 0. The number of rotatable bonds is 3. The van der Waals surface area contributed by atoms with E-state index in [2.05, 4.69) is 9.97 Å². The largest absolute Gasteiger partial charge is 0.468 e. The Morgan fingerprint density at radius 1 is 1.47 bits per heavy atom. The van der Waals surface area contributed by atoms with E-state index in [9.17, 15) is 4.39 Å². The summed E-state index contributed by atoms with van der Waals surface area (Å²) in [5.74, 6) is 1.54. The second-order valence-corrected chi connectivity index (χ2v) is 3.98. The topological polar surface area (TPSA) is 38.9 Å². The van der Waals surface area contributed by atoms with E-state index in [1.165, 1.54) is 18.0 Å². The highest BCUT2D eigenvalue weighted by Crippen LogP contribution is 2.22. The second kappa shape index (κ2) is 4.44. The first-order chi connectivity index (χ1) is 7.25. The van der Waals surface area contributed by atoms with Crippen molar-refractivity contribution in [1.82, 2.24) is 9.97 Å². The molecule has 0 aliphatic carbocycles. The Kier molecular flexibility index (Phi) is 3.01. The maximum Gasteiger partial charge on any atom is 0.309 e. The minimum atomic E-state index is -0.698. The van der Waals surface area contributed by atoms with Gasteiger partial charge in [-0.25, -0.2) is 4.98 Å². The number of thioether (sulfide) groups is 1. The van der Waals surface area contributed by atoms with Gasteiger partial charge in [0.1, 0.15) is 10.8 Å². The third-order valence-corrected chi connectivity index (χ3v) is 2.85. The first kappa shape index (κ1) is 10.2. The summed E-state index contributed by atoms with van der Waals surface area (Å²) in [5, 5.41) is 0.610. The van der Waals surface area contributed by atoms with Gasteiger partial charge in [-0.1, -0.05) is 11.8 Å². The van der Waals surface area contributed by atoms with E-state index in [1.54, 1.807) is 12.3 Å². The molecule has 0 spiro atoms. The zero-order chi connectivity index (χ0) is 10.7. The van der Waals surface area contributed by atoms with Crippen molar-refractivity contribution in [2.45, 2.75) is 17.7 Å². The van der Waals surface area contributed by atoms with E-state index < -0.39 is 6.08 Å². The number of hydrogen-bond donors (Lipinski definition) is 0. The lowest BCUT2D eigenvalue weighted by atomic mass is 10.3. The quantitative estimate of drug-likeness (QED) is 0.456. The van der Waals surface area contributed by atoms with Crippen LogP contribution < -0.4 is 0 Å². The lowest BCUT2D eigenvalue weighted by Gasteiger charge is -1.98. The van der Waals surface area contributed by atoms with Crippen molar-refractivity contribution < 1.29 is 8.81 Å². The molecule has 0 amide bonds. The second-order valence-electron chi connectivity index (χ2n) is 2.98. The molecular formula is C10H9FN2OS. The van der Waals surface area contributed by atoms with Gasteiger partial charge in [-0.2, -0.15) is 9.37 Å². The fourth-order valence-electron chi connectivity index (χ4n) is 1.09. The molecule has 0 radical (unpaired) electrons. The molecule has 2 aromatic heterocycles. The van der Waals surface area contributed by atoms with Crippen molar-refractivity contribution in [1.29, 1.82) is 0 Å². The van der Waals surface area contributed by atoms with E-state index >= 15 is 0 Å². The average molecular weight is 224 g/mol. The summed E-state index contributed by atoms with van der Waals surface area (Å²) in [6.07, 6.45) is 2.35. The van der Waals surface area contributed by atoms with E-state index in [1.807, 2.05) is 13.0 Å². The van der Waals surface area contributed by atoms with Crippen molar-refractivity contribution in [2.75, 3.05) is 0 Å². The molecule has 15 heavy (non-hydrogen) atoms. The number of hydrogen-bond acceptors (Lipinski definition) is 4. The fraction of sp³-hybridized carbons (Fsp3) is 0.200. The Balaban J connectivity index is 2.02. The minimum Gasteiger partial charge on any atom is -0.468 e. The van der Waals surface area contributed by atoms with Crippen molar-refractivity contribution in [3.63, 3.8) is 0 Å². The number of nitrogens with zero attached hydrogens (tertiary/aromatic N) is 2. The van der Waals surface area contributed by atoms with Gasteiger partial charge in [-0.3, -0.25) is 0 Å². The minimum absolute atomic E-state index is 0.610. The van der Waals surface area contributed by atoms with Crippen LogP contribution in [0, 0.1) is 13.0 Å². The molecule has 0 fully saturated rings. The van der Waals surface area contributed by atoms with Crippen LogP contribution in [0.2, 0.25) is 0 Å². The summed E-state index contributed by atoms with van der Waals surface area (Å²) in [6.45, 7) is 1.97. The number of aryl methyl sites for hydroxylation is 1. The Morgan fingerprint density at radius 2 is 2.33 bits per heavy atom. The molecule has 2 aromatic rings. The third kappa shape index (κ3) is 2.56. The molecule has 2 heterocycles. The molecule has 0 unspecified atom stereocenters. The van der Waals surface area contributed by atoms with Gasteiger partial charge in [0.15, 0.2) is 0 Å². The SMILES string of the molecule is Cc1ccoc1CSc1ccnc(F)n1. The van der Waals surface area contributed by atoms with Crippen LogP contribution >= 0.6 is 11.8 Å². The highest BCUT2D eigenvalue weighted by molar-refractivity contribution is 7.98. The summed E-state index contributed by atoms with van der Waals surface area (Å²) in [5.41, 5.74) is 1.09. The summed E-state index contributed by atoms with van der Waals surface area (Å²) in [6, 6.07) is 3.57. The summed E-state index contributed by atoms with van der Waals surface area (Å²) < 4.78 is 17.9. The molecular weight excluding hydrogens is 215 g/mol. The number of aromatic nitrogens is 2. The molecule has 3 nitrogen and oxygen atoms in total. The lowest BCUT2D eigenvalue weighted by Crippen LogP contribution is -1.89. The molecule has 2 rings (SSSR count). The number of halogens is 1. The fourth-order valence-corrected chi connectivity index (χ4v) is 1.96. The maximum absolute atomic E-state index is 12.7. The number of furan rings is 1. The molecule has 78 valence electrons. The Labute approximate surface area is 90.7 Å². The van der Waals surface area contributed by atoms with Crippen LogP contribution in [0.3, 0.4) is 0 Å². The van der Waals surface area contributed by atoms with E-state index in [4.69, 9.17) is 4.42 Å². The Bertz CT molecular complexity index is 458. The molecule has 0 atom stereocenters. The van der Waals surface area contributed by atoms with Crippen LogP contribution in [-0.2, 0) is 5.75 Å². The molecule has 5 heteroatoms. The molecule has 0 aliphatic rings. The Morgan fingerprint density at radius 3 is 3.00 bits per heavy atom. The van der Waals surface area contributed by atoms with E-state index in [0.29, 0.717) is 10.8 Å². The van der Waals surface area contributed by atoms with Crippen LogP contribution in [0.4, 0.5) is 4.39 Å². The zero-order valence-electron chi connectivity index (χ0n) is 8.11.